The third-order valence-corrected chi connectivity index (χ3v) is 8.55. The van der Waals surface area contributed by atoms with Crippen LogP contribution in [0.5, 0.6) is 0 Å². The van der Waals surface area contributed by atoms with Gasteiger partial charge in [0.1, 0.15) is 4.90 Å². The molecule has 1 aliphatic carbocycles. The van der Waals surface area contributed by atoms with Gasteiger partial charge in [0.05, 0.1) is 5.69 Å². The highest BCUT2D eigenvalue weighted by molar-refractivity contribution is 7.92. The molecule has 0 saturated heterocycles. The lowest BCUT2D eigenvalue weighted by Gasteiger charge is -2.23. The van der Waals surface area contributed by atoms with Crippen molar-refractivity contribution >= 4 is 37.1 Å². The zero-order valence-corrected chi connectivity index (χ0v) is 17.5. The van der Waals surface area contributed by atoms with E-state index in [4.69, 9.17) is 0 Å². The van der Waals surface area contributed by atoms with Gasteiger partial charge in [-0.25, -0.2) is 8.42 Å². The molecule has 5 nitrogen and oxygen atoms in total. The monoisotopic (exact) mass is 414 g/mol. The molecule has 0 N–H and O–H groups in total. The summed E-state index contributed by atoms with van der Waals surface area (Å²) < 4.78 is 27.8. The van der Waals surface area contributed by atoms with Crippen LogP contribution in [0.3, 0.4) is 0 Å². The maximum atomic E-state index is 12.9. The van der Waals surface area contributed by atoms with Gasteiger partial charge in [-0.05, 0) is 55.5 Å². The Morgan fingerprint density at radius 3 is 2.82 bits per heavy atom. The molecule has 0 amide bonds. The number of fused-ring (bicyclic) bond motifs is 2. The van der Waals surface area contributed by atoms with E-state index in [2.05, 4.69) is 11.9 Å². The molecule has 1 unspecified atom stereocenters. The lowest BCUT2D eigenvalue weighted by Crippen LogP contribution is -2.26. The summed E-state index contributed by atoms with van der Waals surface area (Å²) in [6.45, 7) is 2.19. The van der Waals surface area contributed by atoms with Crippen molar-refractivity contribution in [2.24, 2.45) is 5.92 Å². The lowest BCUT2D eigenvalue weighted by molar-refractivity contribution is 0.448. The van der Waals surface area contributed by atoms with E-state index in [0.717, 1.165) is 40.8 Å². The second-order valence-corrected chi connectivity index (χ2v) is 10.3. The number of nitrogens with zero attached hydrogens (tertiary/aromatic N) is 2. The van der Waals surface area contributed by atoms with Gasteiger partial charge in [-0.15, -0.1) is 11.3 Å². The van der Waals surface area contributed by atoms with Gasteiger partial charge >= 0.3 is 0 Å². The second-order valence-electron chi connectivity index (χ2n) is 7.19. The summed E-state index contributed by atoms with van der Waals surface area (Å²) >= 11 is 1.63. The molecule has 0 fully saturated rings. The van der Waals surface area contributed by atoms with Crippen LogP contribution < -0.4 is 9.73 Å². The quantitative estimate of drug-likeness (QED) is 0.647. The first kappa shape index (κ1) is 19.1. The highest BCUT2D eigenvalue weighted by Gasteiger charge is 2.24. The van der Waals surface area contributed by atoms with Gasteiger partial charge in [-0.2, -0.15) is 0 Å². The maximum Gasteiger partial charge on any atom is 0.265 e. The standard InChI is InChI=1S/C21H22N2O3S2/c1-3-14-6-8-17-19(11-14)27-20-12-15(7-9-18(20)21(17)24)23(2)28(25,26)16-5-4-10-22-13-16/h4-5,7,9-10,12-14H,3,6,8,11H2,1-2H3. The largest absolute Gasteiger partial charge is 0.289 e. The van der Waals surface area contributed by atoms with Crippen LogP contribution in [-0.2, 0) is 22.9 Å². The molecule has 1 aromatic carbocycles. The van der Waals surface area contributed by atoms with E-state index >= 15 is 0 Å². The van der Waals surface area contributed by atoms with Crippen molar-refractivity contribution in [2.75, 3.05) is 11.4 Å². The van der Waals surface area contributed by atoms with Gasteiger partial charge in [0.2, 0.25) is 0 Å². The molecule has 0 aliphatic heterocycles. The molecule has 0 spiro atoms. The van der Waals surface area contributed by atoms with Gasteiger partial charge in [0.25, 0.3) is 10.0 Å². The molecule has 0 bridgehead atoms. The van der Waals surface area contributed by atoms with Crippen molar-refractivity contribution in [3.05, 3.63) is 63.4 Å². The minimum absolute atomic E-state index is 0.0997. The van der Waals surface area contributed by atoms with Crippen LogP contribution in [0.15, 0.2) is 52.4 Å². The van der Waals surface area contributed by atoms with Crippen LogP contribution in [0.1, 0.15) is 30.2 Å². The molecule has 2 aromatic heterocycles. The lowest BCUT2D eigenvalue weighted by atomic mass is 9.87. The molecule has 4 rings (SSSR count). The number of sulfonamides is 1. The van der Waals surface area contributed by atoms with E-state index in [9.17, 15) is 13.2 Å². The molecule has 28 heavy (non-hydrogen) atoms. The molecular formula is C21H22N2O3S2. The van der Waals surface area contributed by atoms with Crippen LogP contribution in [0.2, 0.25) is 0 Å². The van der Waals surface area contributed by atoms with Crippen molar-refractivity contribution in [1.29, 1.82) is 0 Å². The minimum atomic E-state index is -3.70. The smallest absolute Gasteiger partial charge is 0.265 e. The zero-order valence-electron chi connectivity index (χ0n) is 15.9. The first-order valence-electron chi connectivity index (χ1n) is 9.39. The highest BCUT2D eigenvalue weighted by Crippen LogP contribution is 2.34. The normalized spacial score (nSPS) is 16.7. The fourth-order valence-corrected chi connectivity index (χ4v) is 6.24. The maximum absolute atomic E-state index is 12.9. The highest BCUT2D eigenvalue weighted by atomic mass is 32.2. The number of rotatable bonds is 4. The molecule has 1 atom stereocenters. The first-order valence-corrected chi connectivity index (χ1v) is 11.6. The van der Waals surface area contributed by atoms with E-state index in [1.807, 2.05) is 6.07 Å². The molecule has 0 saturated carbocycles. The number of aromatic nitrogens is 1. The third-order valence-electron chi connectivity index (χ3n) is 5.56. The third kappa shape index (κ3) is 3.22. The Hall–Kier alpha value is -2.25. The topological polar surface area (TPSA) is 67.3 Å². The van der Waals surface area contributed by atoms with Crippen molar-refractivity contribution < 1.29 is 8.42 Å². The van der Waals surface area contributed by atoms with Crippen molar-refractivity contribution in [2.45, 2.75) is 37.5 Å². The summed E-state index contributed by atoms with van der Waals surface area (Å²) in [5.41, 5.74) is 1.59. The predicted molar refractivity (Wildman–Crippen MR) is 114 cm³/mol. The van der Waals surface area contributed by atoms with Crippen LogP contribution >= 0.6 is 11.3 Å². The van der Waals surface area contributed by atoms with Gasteiger partial charge in [-0.3, -0.25) is 14.1 Å². The molecule has 146 valence electrons. The van der Waals surface area contributed by atoms with E-state index in [-0.39, 0.29) is 10.3 Å². The zero-order chi connectivity index (χ0) is 19.9. The number of pyridine rings is 1. The molecule has 1 aliphatic rings. The summed E-state index contributed by atoms with van der Waals surface area (Å²) in [5, 5.41) is 0.676. The SMILES string of the molecule is CCC1CCc2c(sc3cc(N(C)S(=O)(=O)c4cccnc4)ccc3c2=O)C1. The van der Waals surface area contributed by atoms with Crippen LogP contribution in [0.25, 0.3) is 10.1 Å². The van der Waals surface area contributed by atoms with E-state index in [1.165, 1.54) is 23.6 Å². The van der Waals surface area contributed by atoms with Gasteiger partial charge in [0, 0.05) is 40.0 Å². The average Bonchev–Trinajstić information content (AvgIpc) is 2.73. The van der Waals surface area contributed by atoms with Crippen LogP contribution in [0.4, 0.5) is 5.69 Å². The van der Waals surface area contributed by atoms with Crippen molar-refractivity contribution in [1.82, 2.24) is 4.98 Å². The van der Waals surface area contributed by atoms with Crippen molar-refractivity contribution in [3.63, 3.8) is 0 Å². The van der Waals surface area contributed by atoms with Gasteiger partial charge < -0.3 is 0 Å². The summed E-state index contributed by atoms with van der Waals surface area (Å²) in [7, 11) is -2.18. The Morgan fingerprint density at radius 2 is 2.11 bits per heavy atom. The fraction of sp³-hybridized carbons (Fsp3) is 0.333. The fourth-order valence-electron chi connectivity index (χ4n) is 3.74. The summed E-state index contributed by atoms with van der Waals surface area (Å²) in [4.78, 5) is 18.1. The number of anilines is 1. The Bertz CT molecular complexity index is 1190. The summed E-state index contributed by atoms with van der Waals surface area (Å²) in [5.74, 6) is 0.623. The Labute approximate surface area is 168 Å². The Kier molecular flexibility index (Phi) is 4.97. The van der Waals surface area contributed by atoms with E-state index < -0.39 is 10.0 Å². The molecule has 7 heteroatoms. The summed E-state index contributed by atoms with van der Waals surface area (Å²) in [6.07, 6.45) is 6.85. The predicted octanol–water partition coefficient (Wildman–Crippen LogP) is 4.00. The molecular weight excluding hydrogens is 392 g/mol. The van der Waals surface area contributed by atoms with E-state index in [1.54, 1.807) is 35.7 Å². The van der Waals surface area contributed by atoms with Gasteiger partial charge in [0.15, 0.2) is 5.43 Å². The van der Waals surface area contributed by atoms with E-state index in [0.29, 0.717) is 17.0 Å². The number of hydrogen-bond acceptors (Lipinski definition) is 5. The van der Waals surface area contributed by atoms with Crippen LogP contribution in [-0.4, -0.2) is 20.4 Å². The average molecular weight is 415 g/mol. The molecule has 2 heterocycles. The van der Waals surface area contributed by atoms with Crippen LogP contribution in [0, 0.1) is 5.92 Å². The number of hydrogen-bond donors (Lipinski definition) is 0. The molecule has 3 aromatic rings. The summed E-state index contributed by atoms with van der Waals surface area (Å²) in [6, 6.07) is 8.40. The first-order chi connectivity index (χ1) is 13.4. The Morgan fingerprint density at radius 1 is 1.29 bits per heavy atom. The minimum Gasteiger partial charge on any atom is -0.289 e. The number of benzene rings is 1. The Balaban J connectivity index is 1.79. The molecule has 0 radical (unpaired) electrons. The second kappa shape index (κ2) is 7.29. The van der Waals surface area contributed by atoms with Gasteiger partial charge in [-0.1, -0.05) is 13.3 Å². The van der Waals surface area contributed by atoms with Crippen molar-refractivity contribution in [3.8, 4) is 0 Å².